The van der Waals surface area contributed by atoms with Crippen LogP contribution in [-0.4, -0.2) is 11.6 Å². The van der Waals surface area contributed by atoms with Crippen LogP contribution in [0, 0.1) is 18.4 Å². The van der Waals surface area contributed by atoms with Crippen molar-refractivity contribution >= 4 is 42.8 Å². The van der Waals surface area contributed by atoms with Crippen molar-refractivity contribution in [3.8, 4) is 18.1 Å². The normalized spacial score (nSPS) is 10.2. The second kappa shape index (κ2) is 4.30. The van der Waals surface area contributed by atoms with Crippen LogP contribution < -0.4 is 4.74 Å². The standard InChI is InChI=1S/C11H6Br2NO/c1-2-5-15-11-8(12)6-9-7(10(11)13)3-4-14-9/h1,4,6,14H,5H2. The summed E-state index contributed by atoms with van der Waals surface area (Å²) in [7, 11) is 0. The lowest BCUT2D eigenvalue weighted by Gasteiger charge is -2.08. The van der Waals surface area contributed by atoms with E-state index in [9.17, 15) is 0 Å². The molecule has 75 valence electrons. The lowest BCUT2D eigenvalue weighted by atomic mass is 10.2. The molecule has 1 aromatic carbocycles. The molecule has 0 fully saturated rings. The predicted molar refractivity (Wildman–Crippen MR) is 66.9 cm³/mol. The number of hydrogen-bond donors (Lipinski definition) is 1. The van der Waals surface area contributed by atoms with Crippen molar-refractivity contribution in [2.24, 2.45) is 0 Å². The first-order chi connectivity index (χ1) is 7.24. The highest BCUT2D eigenvalue weighted by atomic mass is 79.9. The van der Waals surface area contributed by atoms with E-state index in [1.807, 2.05) is 6.07 Å². The summed E-state index contributed by atoms with van der Waals surface area (Å²) in [5.74, 6) is 3.14. The van der Waals surface area contributed by atoms with E-state index in [0.29, 0.717) is 5.75 Å². The summed E-state index contributed by atoms with van der Waals surface area (Å²) >= 11 is 6.89. The van der Waals surface area contributed by atoms with Crippen molar-refractivity contribution in [1.29, 1.82) is 0 Å². The van der Waals surface area contributed by atoms with Gasteiger partial charge >= 0.3 is 0 Å². The van der Waals surface area contributed by atoms with Crippen LogP contribution in [0.3, 0.4) is 0 Å². The zero-order chi connectivity index (χ0) is 10.8. The van der Waals surface area contributed by atoms with Gasteiger partial charge in [-0.1, -0.05) is 5.92 Å². The van der Waals surface area contributed by atoms with Crippen molar-refractivity contribution in [3.63, 3.8) is 0 Å². The zero-order valence-corrected chi connectivity index (χ0v) is 10.8. The average molecular weight is 328 g/mol. The third kappa shape index (κ3) is 1.90. The van der Waals surface area contributed by atoms with E-state index in [0.717, 1.165) is 19.8 Å². The SMILES string of the molecule is C#CCOc1c(Br)cc2[nH]c[c]c2c1Br. The van der Waals surface area contributed by atoms with Gasteiger partial charge in [-0.15, -0.1) is 6.42 Å². The molecule has 0 unspecified atom stereocenters. The Morgan fingerprint density at radius 3 is 3.07 bits per heavy atom. The van der Waals surface area contributed by atoms with E-state index < -0.39 is 0 Å². The van der Waals surface area contributed by atoms with Crippen molar-refractivity contribution in [3.05, 3.63) is 27.3 Å². The van der Waals surface area contributed by atoms with E-state index in [4.69, 9.17) is 11.2 Å². The number of benzene rings is 1. The zero-order valence-electron chi connectivity index (χ0n) is 7.60. The number of rotatable bonds is 2. The van der Waals surface area contributed by atoms with E-state index in [1.165, 1.54) is 0 Å². The topological polar surface area (TPSA) is 25.0 Å². The first kappa shape index (κ1) is 10.6. The van der Waals surface area contributed by atoms with Gasteiger partial charge in [0, 0.05) is 23.2 Å². The van der Waals surface area contributed by atoms with Gasteiger partial charge in [0.2, 0.25) is 0 Å². The Labute approximate surface area is 104 Å². The number of H-pyrrole nitrogens is 1. The number of aromatic nitrogens is 1. The first-order valence-electron chi connectivity index (χ1n) is 4.17. The maximum absolute atomic E-state index is 5.43. The molecule has 1 radical (unpaired) electrons. The van der Waals surface area contributed by atoms with Gasteiger partial charge in [0.25, 0.3) is 0 Å². The summed E-state index contributed by atoms with van der Waals surface area (Å²) in [5.41, 5.74) is 0.988. The van der Waals surface area contributed by atoms with Gasteiger partial charge in [-0.25, -0.2) is 0 Å². The fourth-order valence-corrected chi connectivity index (χ4v) is 2.75. The summed E-state index contributed by atoms with van der Waals surface area (Å²) in [4.78, 5) is 3.07. The minimum absolute atomic E-state index is 0.243. The summed E-state index contributed by atoms with van der Waals surface area (Å²) in [6.07, 6.45) is 6.91. The predicted octanol–water partition coefficient (Wildman–Crippen LogP) is 3.51. The van der Waals surface area contributed by atoms with Crippen LogP contribution in [0.4, 0.5) is 0 Å². The van der Waals surface area contributed by atoms with Crippen LogP contribution in [0.1, 0.15) is 0 Å². The molecule has 1 N–H and O–H groups in total. The van der Waals surface area contributed by atoms with Crippen LogP contribution >= 0.6 is 31.9 Å². The van der Waals surface area contributed by atoms with E-state index >= 15 is 0 Å². The fourth-order valence-electron chi connectivity index (χ4n) is 1.29. The van der Waals surface area contributed by atoms with Gasteiger partial charge in [-0.3, -0.25) is 0 Å². The van der Waals surface area contributed by atoms with Crippen LogP contribution in [0.25, 0.3) is 10.9 Å². The molecule has 4 heteroatoms. The summed E-state index contributed by atoms with van der Waals surface area (Å²) in [6, 6.07) is 5.01. The molecule has 2 aromatic rings. The maximum atomic E-state index is 5.43. The Bertz CT molecular complexity index is 539. The molecular weight excluding hydrogens is 322 g/mol. The third-order valence-electron chi connectivity index (χ3n) is 1.92. The Morgan fingerprint density at radius 1 is 1.53 bits per heavy atom. The molecule has 0 aliphatic heterocycles. The van der Waals surface area contributed by atoms with Crippen LogP contribution in [-0.2, 0) is 0 Å². The Kier molecular flexibility index (Phi) is 3.03. The van der Waals surface area contributed by atoms with Crippen LogP contribution in [0.5, 0.6) is 5.75 Å². The second-order valence-corrected chi connectivity index (χ2v) is 4.50. The molecule has 0 bridgehead atoms. The van der Waals surface area contributed by atoms with Crippen LogP contribution in [0.15, 0.2) is 21.2 Å². The Balaban J connectivity index is 2.57. The molecule has 0 aliphatic carbocycles. The van der Waals surface area contributed by atoms with Gasteiger partial charge in [0.15, 0.2) is 0 Å². The summed E-state index contributed by atoms with van der Waals surface area (Å²) in [6.45, 7) is 0.243. The molecule has 0 amide bonds. The third-order valence-corrected chi connectivity index (χ3v) is 3.27. The number of terminal acetylenes is 1. The molecule has 1 heterocycles. The average Bonchev–Trinajstić information content (AvgIpc) is 2.65. The Morgan fingerprint density at radius 2 is 2.33 bits per heavy atom. The highest BCUT2D eigenvalue weighted by Gasteiger charge is 2.11. The lowest BCUT2D eigenvalue weighted by Crippen LogP contribution is -1.95. The number of fused-ring (bicyclic) bond motifs is 1. The molecule has 0 aliphatic rings. The molecule has 15 heavy (non-hydrogen) atoms. The largest absolute Gasteiger partial charge is 0.479 e. The van der Waals surface area contributed by atoms with Gasteiger partial charge < -0.3 is 9.72 Å². The summed E-state index contributed by atoms with van der Waals surface area (Å²) < 4.78 is 7.14. The highest BCUT2D eigenvalue weighted by Crippen LogP contribution is 2.38. The lowest BCUT2D eigenvalue weighted by molar-refractivity contribution is 0.366. The van der Waals surface area contributed by atoms with E-state index in [-0.39, 0.29) is 6.61 Å². The highest BCUT2D eigenvalue weighted by molar-refractivity contribution is 9.11. The molecule has 0 atom stereocenters. The second-order valence-electron chi connectivity index (χ2n) is 2.85. The number of nitrogens with one attached hydrogen (secondary N) is 1. The molecule has 0 saturated heterocycles. The number of ether oxygens (including phenoxy) is 1. The van der Waals surface area contributed by atoms with Gasteiger partial charge in [0.1, 0.15) is 12.4 Å². The molecule has 2 rings (SSSR count). The van der Waals surface area contributed by atoms with E-state index in [2.05, 4.69) is 48.8 Å². The number of hydrogen-bond acceptors (Lipinski definition) is 1. The van der Waals surface area contributed by atoms with Gasteiger partial charge in [0.05, 0.1) is 8.95 Å². The van der Waals surface area contributed by atoms with Gasteiger partial charge in [-0.2, -0.15) is 0 Å². The minimum atomic E-state index is 0.243. The van der Waals surface area contributed by atoms with Crippen molar-refractivity contribution < 1.29 is 4.74 Å². The molecule has 1 aromatic heterocycles. The summed E-state index contributed by atoms with van der Waals surface area (Å²) in [5, 5.41) is 0.949. The first-order valence-corrected chi connectivity index (χ1v) is 5.75. The number of halogens is 2. The van der Waals surface area contributed by atoms with Crippen LogP contribution in [0.2, 0.25) is 0 Å². The van der Waals surface area contributed by atoms with E-state index in [1.54, 1.807) is 6.20 Å². The quantitative estimate of drug-likeness (QED) is 0.839. The molecular formula is C11H6Br2NO. The maximum Gasteiger partial charge on any atom is 0.149 e. The minimum Gasteiger partial charge on any atom is -0.479 e. The molecule has 2 nitrogen and oxygen atoms in total. The monoisotopic (exact) mass is 326 g/mol. The molecule has 0 saturated carbocycles. The van der Waals surface area contributed by atoms with Crippen molar-refractivity contribution in [2.45, 2.75) is 0 Å². The fraction of sp³-hybridized carbons (Fsp3) is 0.0909. The van der Waals surface area contributed by atoms with Crippen molar-refractivity contribution in [2.75, 3.05) is 6.61 Å². The molecule has 0 spiro atoms. The van der Waals surface area contributed by atoms with Gasteiger partial charge in [-0.05, 0) is 37.9 Å². The van der Waals surface area contributed by atoms with Crippen molar-refractivity contribution in [1.82, 2.24) is 4.98 Å². The number of aromatic amines is 1. The Hall–Kier alpha value is -0.920. The smallest absolute Gasteiger partial charge is 0.149 e.